The van der Waals surface area contributed by atoms with Gasteiger partial charge in [0.15, 0.2) is 5.03 Å². The summed E-state index contributed by atoms with van der Waals surface area (Å²) in [6.45, 7) is 7.44. The maximum Gasteiger partial charge on any atom is 0.433 e. The minimum atomic E-state index is -4.76. The van der Waals surface area contributed by atoms with Crippen molar-refractivity contribution in [3.05, 3.63) is 59.3 Å². The monoisotopic (exact) mass is 570 g/mol. The van der Waals surface area contributed by atoms with Crippen molar-refractivity contribution in [1.82, 2.24) is 24.4 Å². The van der Waals surface area contributed by atoms with E-state index in [1.807, 2.05) is 37.6 Å². The first-order valence-electron chi connectivity index (χ1n) is 11.9. The van der Waals surface area contributed by atoms with Crippen molar-refractivity contribution in [3.8, 4) is 11.1 Å². The maximum absolute atomic E-state index is 14.5. The fraction of sp³-hybridized carbons (Fsp3) is 0.400. The van der Waals surface area contributed by atoms with Crippen LogP contribution in [0.3, 0.4) is 0 Å². The van der Waals surface area contributed by atoms with Crippen molar-refractivity contribution >= 4 is 21.7 Å². The Labute approximate surface area is 224 Å². The summed E-state index contributed by atoms with van der Waals surface area (Å²) < 4.78 is 83.9. The number of sulfonamides is 1. The molecule has 1 aromatic carbocycles. The lowest BCUT2D eigenvalue weighted by Gasteiger charge is -2.19. The van der Waals surface area contributed by atoms with Gasteiger partial charge in [-0.05, 0) is 69.3 Å². The molecule has 9 nitrogen and oxygen atoms in total. The fourth-order valence-electron chi connectivity index (χ4n) is 3.95. The van der Waals surface area contributed by atoms with Crippen LogP contribution in [-0.4, -0.2) is 48.2 Å². The smallest absolute Gasteiger partial charge is 0.306 e. The zero-order valence-electron chi connectivity index (χ0n) is 22.3. The van der Waals surface area contributed by atoms with Gasteiger partial charge in [-0.1, -0.05) is 13.8 Å². The van der Waals surface area contributed by atoms with Crippen molar-refractivity contribution in [2.24, 2.45) is 0 Å². The average Bonchev–Trinajstić information content (AvgIpc) is 3.23. The molecule has 0 aliphatic rings. The van der Waals surface area contributed by atoms with Gasteiger partial charge in [-0.2, -0.15) is 26.7 Å². The zero-order valence-corrected chi connectivity index (χ0v) is 23.1. The van der Waals surface area contributed by atoms with Crippen LogP contribution in [0.15, 0.2) is 41.6 Å². The molecule has 39 heavy (non-hydrogen) atoms. The quantitative estimate of drug-likeness (QED) is 0.352. The number of nitrogens with zero attached hydrogens (tertiary/aromatic N) is 4. The number of rotatable bonds is 8. The Kier molecular flexibility index (Phi) is 8.70. The van der Waals surface area contributed by atoms with E-state index in [9.17, 15) is 30.8 Å². The van der Waals surface area contributed by atoms with Crippen LogP contribution in [0.25, 0.3) is 11.1 Å². The van der Waals surface area contributed by atoms with Crippen LogP contribution in [0.5, 0.6) is 0 Å². The summed E-state index contributed by atoms with van der Waals surface area (Å²) in [5.41, 5.74) is -0.531. The molecule has 2 aromatic heterocycles. The molecule has 2 amide bonds. The number of benzene rings is 1. The Morgan fingerprint density at radius 2 is 1.77 bits per heavy atom. The number of aromatic nitrogens is 3. The number of halogens is 4. The number of urea groups is 1. The minimum absolute atomic E-state index is 0.0422. The van der Waals surface area contributed by atoms with Crippen molar-refractivity contribution in [2.75, 3.05) is 19.4 Å². The van der Waals surface area contributed by atoms with Crippen LogP contribution >= 0.6 is 0 Å². The summed E-state index contributed by atoms with van der Waals surface area (Å²) in [4.78, 5) is 18.1. The largest absolute Gasteiger partial charge is 0.433 e. The van der Waals surface area contributed by atoms with E-state index < -0.39 is 33.7 Å². The second kappa shape index (κ2) is 11.3. The van der Waals surface area contributed by atoms with Gasteiger partial charge >= 0.3 is 12.2 Å². The third-order valence-electron chi connectivity index (χ3n) is 5.62. The predicted molar refractivity (Wildman–Crippen MR) is 138 cm³/mol. The summed E-state index contributed by atoms with van der Waals surface area (Å²) in [6.07, 6.45) is -3.84. The summed E-state index contributed by atoms with van der Waals surface area (Å²) >= 11 is 0. The van der Waals surface area contributed by atoms with Crippen molar-refractivity contribution in [2.45, 2.75) is 57.4 Å². The summed E-state index contributed by atoms with van der Waals surface area (Å²) in [5.74, 6) is -1.13. The van der Waals surface area contributed by atoms with Gasteiger partial charge in [0.2, 0.25) is 0 Å². The Hall–Kier alpha value is -3.52. The standard InChI is InChI=1S/C25H30F4N6O3S/c1-14(2)19-10-17(26)11-20(16-7-8-30-21(9-16)25(27,28)29)23(19)31-24(36)33-39(37,38)22-12-18(13-34(5)6)35(32-22)15(3)4/h7-12,14-15H,13H2,1-6H3,(H2,31,33,36). The third-order valence-corrected chi connectivity index (χ3v) is 6.82. The van der Waals surface area contributed by atoms with Crippen molar-refractivity contribution in [3.63, 3.8) is 0 Å². The second-order valence-electron chi connectivity index (χ2n) is 9.81. The molecule has 212 valence electrons. The van der Waals surface area contributed by atoms with E-state index in [0.717, 1.165) is 24.4 Å². The van der Waals surface area contributed by atoms with E-state index in [0.29, 0.717) is 12.2 Å². The molecule has 0 bridgehead atoms. The Morgan fingerprint density at radius 1 is 1.10 bits per heavy atom. The summed E-state index contributed by atoms with van der Waals surface area (Å²) in [5, 5.41) is 6.17. The van der Waals surface area contributed by atoms with Gasteiger partial charge in [0.25, 0.3) is 10.0 Å². The molecule has 14 heteroatoms. The topological polar surface area (TPSA) is 109 Å². The fourth-order valence-corrected chi connectivity index (χ4v) is 4.83. The maximum atomic E-state index is 14.5. The molecule has 3 aromatic rings. The molecular formula is C25H30F4N6O3S. The van der Waals surface area contributed by atoms with Gasteiger partial charge in [0, 0.05) is 30.4 Å². The number of hydrogen-bond donors (Lipinski definition) is 2. The number of hydrogen-bond acceptors (Lipinski definition) is 6. The number of carbonyl (C=O) groups excluding carboxylic acids is 1. The summed E-state index contributed by atoms with van der Waals surface area (Å²) in [7, 11) is -0.821. The van der Waals surface area contributed by atoms with Gasteiger partial charge in [0.05, 0.1) is 11.4 Å². The highest BCUT2D eigenvalue weighted by Crippen LogP contribution is 2.38. The molecule has 2 heterocycles. The van der Waals surface area contributed by atoms with E-state index in [1.165, 1.54) is 16.8 Å². The minimum Gasteiger partial charge on any atom is -0.306 e. The lowest BCUT2D eigenvalue weighted by atomic mass is 9.94. The van der Waals surface area contributed by atoms with Crippen LogP contribution in [-0.2, 0) is 22.7 Å². The first kappa shape index (κ1) is 30.0. The molecule has 0 saturated heterocycles. The third kappa shape index (κ3) is 7.12. The van der Waals surface area contributed by atoms with Gasteiger partial charge in [-0.3, -0.25) is 9.67 Å². The molecule has 0 aliphatic heterocycles. The van der Waals surface area contributed by atoms with E-state index in [4.69, 9.17) is 0 Å². The first-order valence-corrected chi connectivity index (χ1v) is 13.4. The molecule has 0 unspecified atom stereocenters. The van der Waals surface area contributed by atoms with Crippen LogP contribution < -0.4 is 10.0 Å². The average molecular weight is 571 g/mol. The lowest BCUT2D eigenvalue weighted by Crippen LogP contribution is -2.35. The van der Waals surface area contributed by atoms with Gasteiger partial charge in [0.1, 0.15) is 11.5 Å². The molecule has 0 aliphatic carbocycles. The van der Waals surface area contributed by atoms with Gasteiger partial charge in [-0.15, -0.1) is 0 Å². The zero-order chi connectivity index (χ0) is 29.3. The highest BCUT2D eigenvalue weighted by molar-refractivity contribution is 7.90. The van der Waals surface area contributed by atoms with Crippen LogP contribution in [0.4, 0.5) is 28.0 Å². The number of carbonyl (C=O) groups is 1. The van der Waals surface area contributed by atoms with E-state index in [-0.39, 0.29) is 39.4 Å². The van der Waals surface area contributed by atoms with Crippen LogP contribution in [0, 0.1) is 5.82 Å². The normalized spacial score (nSPS) is 12.4. The van der Waals surface area contributed by atoms with Gasteiger partial charge in [-0.25, -0.2) is 13.9 Å². The molecule has 3 rings (SSSR count). The van der Waals surface area contributed by atoms with Gasteiger partial charge < -0.3 is 10.2 Å². The van der Waals surface area contributed by atoms with E-state index >= 15 is 0 Å². The second-order valence-corrected chi connectivity index (χ2v) is 11.4. The summed E-state index contributed by atoms with van der Waals surface area (Å²) in [6, 6.07) is 4.06. The number of nitrogens with one attached hydrogen (secondary N) is 2. The Morgan fingerprint density at radius 3 is 2.33 bits per heavy atom. The van der Waals surface area contributed by atoms with Crippen molar-refractivity contribution < 1.29 is 30.8 Å². The molecule has 0 radical (unpaired) electrons. The molecule has 2 N–H and O–H groups in total. The molecule has 0 saturated carbocycles. The predicted octanol–water partition coefficient (Wildman–Crippen LogP) is 5.38. The molecular weight excluding hydrogens is 540 g/mol. The van der Waals surface area contributed by atoms with Crippen molar-refractivity contribution in [1.29, 1.82) is 0 Å². The number of pyridine rings is 1. The van der Waals surface area contributed by atoms with E-state index in [2.05, 4.69) is 15.4 Å². The SMILES string of the molecule is CC(C)c1cc(F)cc(-c2ccnc(C(F)(F)F)c2)c1NC(=O)NS(=O)(=O)c1cc(CN(C)C)n(C(C)C)n1. The highest BCUT2D eigenvalue weighted by Gasteiger charge is 2.33. The van der Waals surface area contributed by atoms with E-state index in [1.54, 1.807) is 13.8 Å². The highest BCUT2D eigenvalue weighted by atomic mass is 32.2. The molecule has 0 fully saturated rings. The lowest BCUT2D eigenvalue weighted by molar-refractivity contribution is -0.141. The number of alkyl halides is 3. The molecule has 0 atom stereocenters. The molecule has 0 spiro atoms. The Bertz CT molecular complexity index is 1470. The van der Waals surface area contributed by atoms with Crippen LogP contribution in [0.2, 0.25) is 0 Å². The number of anilines is 1. The first-order chi connectivity index (χ1) is 18.0. The van der Waals surface area contributed by atoms with Crippen LogP contribution in [0.1, 0.15) is 56.6 Å². The Balaban J connectivity index is 2.01. The number of amides is 2.